The minimum atomic E-state index is -0.00625. The van der Waals surface area contributed by atoms with Crippen molar-refractivity contribution in [1.82, 2.24) is 4.90 Å². The van der Waals surface area contributed by atoms with E-state index in [0.29, 0.717) is 5.96 Å². The van der Waals surface area contributed by atoms with Crippen LogP contribution in [0.4, 0.5) is 0 Å². The Morgan fingerprint density at radius 1 is 1.39 bits per heavy atom. The van der Waals surface area contributed by atoms with Crippen molar-refractivity contribution in [1.29, 1.82) is 0 Å². The summed E-state index contributed by atoms with van der Waals surface area (Å²) in [7, 11) is 1.79. The molecule has 106 valence electrons. The maximum Gasteiger partial charge on any atom is 0.191 e. The molecule has 0 bridgehead atoms. The monoisotopic (exact) mass is 367 g/mol. The number of aliphatic imine (C=N–C) groups is 1. The van der Waals surface area contributed by atoms with Crippen LogP contribution in [-0.2, 0) is 4.74 Å². The highest BCUT2D eigenvalue weighted by atomic mass is 127. The van der Waals surface area contributed by atoms with Crippen molar-refractivity contribution in [2.75, 3.05) is 26.7 Å². The number of halogens is 1. The fourth-order valence-corrected chi connectivity index (χ4v) is 2.56. The molecule has 1 heterocycles. The summed E-state index contributed by atoms with van der Waals surface area (Å²) in [5.41, 5.74) is 6.05. The second-order valence-corrected chi connectivity index (χ2v) is 5.58. The Hall–Kier alpha value is -0.0400. The molecule has 0 radical (unpaired) electrons. The van der Waals surface area contributed by atoms with Crippen molar-refractivity contribution in [3.05, 3.63) is 0 Å². The third-order valence-corrected chi connectivity index (χ3v) is 4.33. The van der Waals surface area contributed by atoms with Crippen molar-refractivity contribution in [3.8, 4) is 0 Å². The molecule has 1 saturated carbocycles. The third kappa shape index (κ3) is 3.73. The van der Waals surface area contributed by atoms with Crippen LogP contribution in [0.1, 0.15) is 39.0 Å². The van der Waals surface area contributed by atoms with Gasteiger partial charge >= 0.3 is 0 Å². The molecular weight excluding hydrogens is 341 g/mol. The Balaban J connectivity index is 0.00000162. The third-order valence-electron chi connectivity index (χ3n) is 4.33. The van der Waals surface area contributed by atoms with Crippen molar-refractivity contribution in [2.24, 2.45) is 16.6 Å². The SMILES string of the molecule is COC1(CN=C(N)N2CCC(C)CC2)CCC1.I. The van der Waals surface area contributed by atoms with E-state index in [0.717, 1.165) is 38.4 Å². The van der Waals surface area contributed by atoms with E-state index < -0.39 is 0 Å². The van der Waals surface area contributed by atoms with Crippen LogP contribution in [0.5, 0.6) is 0 Å². The smallest absolute Gasteiger partial charge is 0.191 e. The highest BCUT2D eigenvalue weighted by Crippen LogP contribution is 2.35. The number of piperidine rings is 1. The summed E-state index contributed by atoms with van der Waals surface area (Å²) < 4.78 is 5.55. The van der Waals surface area contributed by atoms with Gasteiger partial charge in [-0.15, -0.1) is 24.0 Å². The number of nitrogens with zero attached hydrogens (tertiary/aromatic N) is 2. The molecule has 2 fully saturated rings. The summed E-state index contributed by atoms with van der Waals surface area (Å²) >= 11 is 0. The molecule has 0 atom stereocenters. The Labute approximate surface area is 127 Å². The van der Waals surface area contributed by atoms with Gasteiger partial charge < -0.3 is 15.4 Å². The Kier molecular flexibility index (Phi) is 6.17. The van der Waals surface area contributed by atoms with E-state index >= 15 is 0 Å². The zero-order valence-corrected chi connectivity index (χ0v) is 13.9. The van der Waals surface area contributed by atoms with Gasteiger partial charge in [0.2, 0.25) is 0 Å². The molecule has 18 heavy (non-hydrogen) atoms. The minimum Gasteiger partial charge on any atom is -0.376 e. The number of ether oxygens (including phenoxy) is 1. The van der Waals surface area contributed by atoms with Gasteiger partial charge in [-0.3, -0.25) is 4.99 Å². The number of nitrogens with two attached hydrogens (primary N) is 1. The van der Waals surface area contributed by atoms with Crippen LogP contribution in [0.3, 0.4) is 0 Å². The van der Waals surface area contributed by atoms with Gasteiger partial charge in [-0.2, -0.15) is 0 Å². The van der Waals surface area contributed by atoms with Gasteiger partial charge in [-0.05, 0) is 38.0 Å². The van der Waals surface area contributed by atoms with Crippen LogP contribution in [-0.4, -0.2) is 43.2 Å². The van der Waals surface area contributed by atoms with E-state index in [1.165, 1.54) is 19.3 Å². The summed E-state index contributed by atoms with van der Waals surface area (Å²) in [5, 5.41) is 0. The average Bonchev–Trinajstić information content (AvgIpc) is 2.29. The van der Waals surface area contributed by atoms with Crippen LogP contribution in [0.15, 0.2) is 4.99 Å². The first-order chi connectivity index (χ1) is 8.15. The lowest BCUT2D eigenvalue weighted by Crippen LogP contribution is -2.46. The predicted octanol–water partition coefficient (Wildman–Crippen LogP) is 2.22. The number of methoxy groups -OCH3 is 1. The van der Waals surface area contributed by atoms with Crippen LogP contribution < -0.4 is 5.73 Å². The first-order valence-corrected chi connectivity index (χ1v) is 6.75. The number of guanidine groups is 1. The lowest BCUT2D eigenvalue weighted by molar-refractivity contribution is -0.0631. The Morgan fingerprint density at radius 2 is 2.00 bits per heavy atom. The van der Waals surface area contributed by atoms with E-state index in [9.17, 15) is 0 Å². The maximum absolute atomic E-state index is 6.05. The first kappa shape index (κ1) is 16.0. The second kappa shape index (κ2) is 6.93. The predicted molar refractivity (Wildman–Crippen MR) is 85.5 cm³/mol. The normalized spacial score (nSPS) is 24.3. The molecule has 1 aliphatic carbocycles. The lowest BCUT2D eigenvalue weighted by Gasteiger charge is -2.39. The lowest BCUT2D eigenvalue weighted by atomic mass is 9.80. The van der Waals surface area contributed by atoms with Gasteiger partial charge in [0.05, 0.1) is 12.1 Å². The van der Waals surface area contributed by atoms with Crippen LogP contribution in [0.25, 0.3) is 0 Å². The van der Waals surface area contributed by atoms with Gasteiger partial charge in [-0.1, -0.05) is 6.92 Å². The van der Waals surface area contributed by atoms with E-state index in [1.807, 2.05) is 0 Å². The highest BCUT2D eigenvalue weighted by molar-refractivity contribution is 14.0. The van der Waals surface area contributed by atoms with E-state index in [1.54, 1.807) is 7.11 Å². The highest BCUT2D eigenvalue weighted by Gasteiger charge is 2.36. The Morgan fingerprint density at radius 3 is 2.44 bits per heavy atom. The topological polar surface area (TPSA) is 50.9 Å². The maximum atomic E-state index is 6.05. The molecule has 2 aliphatic rings. The molecule has 5 heteroatoms. The van der Waals surface area contributed by atoms with Crippen LogP contribution >= 0.6 is 24.0 Å². The first-order valence-electron chi connectivity index (χ1n) is 6.75. The van der Waals surface area contributed by atoms with Crippen molar-refractivity contribution < 1.29 is 4.74 Å². The van der Waals surface area contributed by atoms with Crippen molar-refractivity contribution in [2.45, 2.75) is 44.6 Å². The number of hydrogen-bond donors (Lipinski definition) is 1. The molecule has 4 nitrogen and oxygen atoms in total. The molecular formula is C13H26IN3O. The quantitative estimate of drug-likeness (QED) is 0.473. The number of likely N-dealkylation sites (tertiary alicyclic amines) is 1. The Bertz CT molecular complexity index is 278. The van der Waals surface area contributed by atoms with Crippen LogP contribution in [0, 0.1) is 5.92 Å². The zero-order chi connectivity index (χ0) is 12.3. The molecule has 0 aromatic heterocycles. The van der Waals surface area contributed by atoms with Gasteiger partial charge in [0, 0.05) is 20.2 Å². The largest absolute Gasteiger partial charge is 0.376 e. The van der Waals surface area contributed by atoms with Gasteiger partial charge in [0.15, 0.2) is 5.96 Å². The average molecular weight is 367 g/mol. The van der Waals surface area contributed by atoms with E-state index in [2.05, 4.69) is 16.8 Å². The molecule has 0 aromatic rings. The molecule has 0 amide bonds. The van der Waals surface area contributed by atoms with Gasteiger partial charge in [0.25, 0.3) is 0 Å². The molecule has 2 rings (SSSR count). The van der Waals surface area contributed by atoms with Crippen molar-refractivity contribution in [3.63, 3.8) is 0 Å². The van der Waals surface area contributed by atoms with E-state index in [-0.39, 0.29) is 29.6 Å². The molecule has 1 saturated heterocycles. The number of hydrogen-bond acceptors (Lipinski definition) is 2. The zero-order valence-electron chi connectivity index (χ0n) is 11.5. The van der Waals surface area contributed by atoms with Gasteiger partial charge in [-0.25, -0.2) is 0 Å². The molecule has 0 spiro atoms. The summed E-state index contributed by atoms with van der Waals surface area (Å²) in [6.07, 6.45) is 5.95. The molecule has 2 N–H and O–H groups in total. The molecule has 1 aliphatic heterocycles. The summed E-state index contributed by atoms with van der Waals surface area (Å²) in [4.78, 5) is 6.74. The fourth-order valence-electron chi connectivity index (χ4n) is 2.56. The van der Waals surface area contributed by atoms with E-state index in [4.69, 9.17) is 10.5 Å². The fraction of sp³-hybridized carbons (Fsp3) is 0.923. The standard InChI is InChI=1S/C13H25N3O.HI/c1-11-4-8-16(9-5-11)12(14)15-10-13(17-2)6-3-7-13;/h11H,3-10H2,1-2H3,(H2,14,15);1H. The summed E-state index contributed by atoms with van der Waals surface area (Å²) in [6.45, 7) is 5.13. The number of rotatable bonds is 3. The second-order valence-electron chi connectivity index (χ2n) is 5.58. The summed E-state index contributed by atoms with van der Waals surface area (Å²) in [6, 6.07) is 0. The molecule has 0 aromatic carbocycles. The molecule has 0 unspecified atom stereocenters. The van der Waals surface area contributed by atoms with Crippen molar-refractivity contribution >= 4 is 29.9 Å². The summed E-state index contributed by atoms with van der Waals surface area (Å²) in [5.74, 6) is 1.54. The van der Waals surface area contributed by atoms with Crippen LogP contribution in [0.2, 0.25) is 0 Å². The van der Waals surface area contributed by atoms with Gasteiger partial charge in [0.1, 0.15) is 0 Å². The minimum absolute atomic E-state index is 0.